The number of nitrogens with zero attached hydrogens (tertiary/aromatic N) is 2. The average Bonchev–Trinajstić information content (AvgIpc) is 2.36. The number of anilines is 1. The number of carbonyl (C=O) groups excluding carboxylic acids is 1. The minimum atomic E-state index is -5.00. The van der Waals surface area contributed by atoms with Crippen molar-refractivity contribution in [3.63, 3.8) is 0 Å². The van der Waals surface area contributed by atoms with Crippen LogP contribution in [0.2, 0.25) is 0 Å². The average molecular weight is 400 g/mol. The summed E-state index contributed by atoms with van der Waals surface area (Å²) < 4.78 is 38.2. The third-order valence-electron chi connectivity index (χ3n) is 2.95. The molecule has 1 aromatic rings. The Kier molecular flexibility index (Phi) is 3.89. The Morgan fingerprint density at radius 2 is 2.05 bits per heavy atom. The number of carbonyl (C=O) groups is 1. The second kappa shape index (κ2) is 5.19. The molecule has 9 heteroatoms. The summed E-state index contributed by atoms with van der Waals surface area (Å²) in [4.78, 5) is 22.1. The molecule has 0 N–H and O–H groups in total. The maximum Gasteiger partial charge on any atom is 0.471 e. The van der Waals surface area contributed by atoms with Crippen LogP contribution in [0.4, 0.5) is 24.5 Å². The maximum atomic E-state index is 12.6. The van der Waals surface area contributed by atoms with E-state index in [4.69, 9.17) is 0 Å². The van der Waals surface area contributed by atoms with Crippen LogP contribution < -0.4 is 4.90 Å². The van der Waals surface area contributed by atoms with E-state index in [-0.39, 0.29) is 17.9 Å². The van der Waals surface area contributed by atoms with Crippen LogP contribution in [0.15, 0.2) is 12.1 Å². The van der Waals surface area contributed by atoms with E-state index in [2.05, 4.69) is 0 Å². The molecule has 1 aromatic carbocycles. The number of rotatable bonds is 1. The number of halogens is 4. The molecule has 0 saturated heterocycles. The Morgan fingerprint density at radius 3 is 2.60 bits per heavy atom. The molecule has 2 rings (SSSR count). The third kappa shape index (κ3) is 2.72. The predicted molar refractivity (Wildman–Crippen MR) is 72.5 cm³/mol. The van der Waals surface area contributed by atoms with Crippen molar-refractivity contribution in [1.82, 2.24) is 0 Å². The molecule has 0 spiro atoms. The van der Waals surface area contributed by atoms with Gasteiger partial charge in [-0.25, -0.2) is 0 Å². The molecule has 0 bridgehead atoms. The zero-order chi connectivity index (χ0) is 15.1. The van der Waals surface area contributed by atoms with Gasteiger partial charge in [0.1, 0.15) is 0 Å². The molecule has 0 aliphatic carbocycles. The van der Waals surface area contributed by atoms with Crippen molar-refractivity contribution < 1.29 is 22.9 Å². The molecule has 0 unspecified atom stereocenters. The molecule has 0 saturated carbocycles. The van der Waals surface area contributed by atoms with Crippen molar-refractivity contribution >= 4 is 39.9 Å². The lowest BCUT2D eigenvalue weighted by Gasteiger charge is -2.30. The second-order valence-electron chi connectivity index (χ2n) is 4.24. The Labute approximate surface area is 125 Å². The highest BCUT2D eigenvalue weighted by Gasteiger charge is 2.44. The number of benzene rings is 1. The molecule has 1 aliphatic rings. The Morgan fingerprint density at radius 1 is 1.40 bits per heavy atom. The smallest absolute Gasteiger partial charge is 0.304 e. The molecule has 1 aliphatic heterocycles. The topological polar surface area (TPSA) is 63.5 Å². The van der Waals surface area contributed by atoms with Crippen LogP contribution in [0.1, 0.15) is 12.0 Å². The van der Waals surface area contributed by atoms with E-state index < -0.39 is 17.0 Å². The van der Waals surface area contributed by atoms with E-state index in [0.29, 0.717) is 26.9 Å². The Bertz CT molecular complexity index is 589. The summed E-state index contributed by atoms with van der Waals surface area (Å²) >= 11 is 1.83. The van der Waals surface area contributed by atoms with Crippen molar-refractivity contribution in [2.45, 2.75) is 19.0 Å². The van der Waals surface area contributed by atoms with E-state index in [1.807, 2.05) is 22.6 Å². The molecule has 108 valence electrons. The van der Waals surface area contributed by atoms with Gasteiger partial charge in [-0.3, -0.25) is 14.9 Å². The SMILES string of the molecule is O=C(N1CCCc2c(I)cc([N+](=O)[O-])cc21)C(F)(F)F. The number of hydrogen-bond donors (Lipinski definition) is 0. The summed E-state index contributed by atoms with van der Waals surface area (Å²) in [6, 6.07) is 2.32. The van der Waals surface area contributed by atoms with Crippen LogP contribution in [0.25, 0.3) is 0 Å². The second-order valence-corrected chi connectivity index (χ2v) is 5.40. The standard InChI is InChI=1S/C11H8F3IN2O3/c12-11(13,14)10(18)16-3-1-2-7-8(15)4-6(17(19)20)5-9(7)16/h4-5H,1-3H2. The summed E-state index contributed by atoms with van der Waals surface area (Å²) in [6.45, 7) is -0.0947. The van der Waals surface area contributed by atoms with Gasteiger partial charge in [0.05, 0.1) is 10.6 Å². The van der Waals surface area contributed by atoms with Crippen LogP contribution >= 0.6 is 22.6 Å². The number of fused-ring (bicyclic) bond motifs is 1. The molecule has 0 radical (unpaired) electrons. The maximum absolute atomic E-state index is 12.6. The number of non-ortho nitro benzene ring substituents is 1. The molecular weight excluding hydrogens is 392 g/mol. The molecular formula is C11H8F3IN2O3. The quantitative estimate of drug-likeness (QED) is 0.414. The van der Waals surface area contributed by atoms with E-state index in [9.17, 15) is 28.1 Å². The number of amides is 1. The zero-order valence-electron chi connectivity index (χ0n) is 9.91. The van der Waals surface area contributed by atoms with Crippen LogP contribution in [0.5, 0.6) is 0 Å². The highest BCUT2D eigenvalue weighted by Crippen LogP contribution is 2.36. The van der Waals surface area contributed by atoms with Gasteiger partial charge < -0.3 is 4.90 Å². The molecule has 0 atom stereocenters. The minimum Gasteiger partial charge on any atom is -0.304 e. The summed E-state index contributed by atoms with van der Waals surface area (Å²) in [7, 11) is 0. The number of nitro benzene ring substituents is 1. The highest BCUT2D eigenvalue weighted by atomic mass is 127. The first-order valence-corrected chi connectivity index (χ1v) is 6.65. The van der Waals surface area contributed by atoms with Crippen molar-refractivity contribution in [2.24, 2.45) is 0 Å². The van der Waals surface area contributed by atoms with Crippen molar-refractivity contribution in [1.29, 1.82) is 0 Å². The van der Waals surface area contributed by atoms with Gasteiger partial charge in [0.2, 0.25) is 0 Å². The van der Waals surface area contributed by atoms with Gasteiger partial charge in [0.25, 0.3) is 5.69 Å². The normalized spacial score (nSPS) is 14.9. The van der Waals surface area contributed by atoms with Crippen LogP contribution in [-0.4, -0.2) is 23.6 Å². The molecule has 0 aromatic heterocycles. The Hall–Kier alpha value is -1.39. The van der Waals surface area contributed by atoms with E-state index in [0.717, 1.165) is 6.07 Å². The van der Waals surface area contributed by atoms with Crippen molar-refractivity contribution in [3.8, 4) is 0 Å². The lowest BCUT2D eigenvalue weighted by atomic mass is 10.0. The first kappa shape index (κ1) is 15.0. The number of nitro groups is 1. The lowest BCUT2D eigenvalue weighted by molar-refractivity contribution is -0.384. The van der Waals surface area contributed by atoms with Gasteiger partial charge in [-0.05, 0) is 41.0 Å². The van der Waals surface area contributed by atoms with E-state index in [1.54, 1.807) is 0 Å². The molecule has 1 amide bonds. The van der Waals surface area contributed by atoms with Gasteiger partial charge in [-0.15, -0.1) is 0 Å². The highest BCUT2D eigenvalue weighted by molar-refractivity contribution is 14.1. The molecule has 1 heterocycles. The van der Waals surface area contributed by atoms with Gasteiger partial charge in [0, 0.05) is 22.2 Å². The van der Waals surface area contributed by atoms with Crippen LogP contribution in [0, 0.1) is 13.7 Å². The lowest BCUT2D eigenvalue weighted by Crippen LogP contribution is -2.44. The zero-order valence-corrected chi connectivity index (χ0v) is 12.1. The van der Waals surface area contributed by atoms with Crippen LogP contribution in [-0.2, 0) is 11.2 Å². The molecule has 5 nitrogen and oxygen atoms in total. The van der Waals surface area contributed by atoms with E-state index >= 15 is 0 Å². The summed E-state index contributed by atoms with van der Waals surface area (Å²) in [5.41, 5.74) is 0.201. The first-order chi connectivity index (χ1) is 9.21. The summed E-state index contributed by atoms with van der Waals surface area (Å²) in [5.74, 6) is -1.99. The fraction of sp³-hybridized carbons (Fsp3) is 0.364. The predicted octanol–water partition coefficient (Wildman–Crippen LogP) is 3.04. The summed E-state index contributed by atoms with van der Waals surface area (Å²) in [6.07, 6.45) is -4.11. The first-order valence-electron chi connectivity index (χ1n) is 5.57. The number of alkyl halides is 3. The molecule has 0 fully saturated rings. The number of hydrogen-bond acceptors (Lipinski definition) is 3. The Balaban J connectivity index is 2.54. The minimum absolute atomic E-state index is 0.0165. The van der Waals surface area contributed by atoms with Crippen molar-refractivity contribution in [2.75, 3.05) is 11.4 Å². The third-order valence-corrected chi connectivity index (χ3v) is 3.92. The van der Waals surface area contributed by atoms with Gasteiger partial charge in [-0.1, -0.05) is 0 Å². The van der Waals surface area contributed by atoms with Crippen molar-refractivity contribution in [3.05, 3.63) is 31.4 Å². The molecule has 20 heavy (non-hydrogen) atoms. The largest absolute Gasteiger partial charge is 0.471 e. The van der Waals surface area contributed by atoms with Gasteiger partial charge in [-0.2, -0.15) is 13.2 Å². The van der Waals surface area contributed by atoms with Gasteiger partial charge in [0.15, 0.2) is 0 Å². The fourth-order valence-corrected chi connectivity index (χ4v) is 2.97. The van der Waals surface area contributed by atoms with E-state index in [1.165, 1.54) is 6.07 Å². The fourth-order valence-electron chi connectivity index (χ4n) is 2.10. The summed E-state index contributed by atoms with van der Waals surface area (Å²) in [5, 5.41) is 10.8. The monoisotopic (exact) mass is 400 g/mol. The van der Waals surface area contributed by atoms with Gasteiger partial charge >= 0.3 is 12.1 Å². The van der Waals surface area contributed by atoms with Crippen LogP contribution in [0.3, 0.4) is 0 Å².